The minimum Gasteiger partial charge on any atom is -0.434 e. The van der Waals surface area contributed by atoms with Crippen molar-refractivity contribution in [2.75, 3.05) is 5.32 Å². The molecule has 1 amide bonds. The molecule has 0 aliphatic heterocycles. The number of nitrogens with zero attached hydrogens (tertiary/aromatic N) is 2. The van der Waals surface area contributed by atoms with Gasteiger partial charge in [-0.1, -0.05) is 13.0 Å². The van der Waals surface area contributed by atoms with Crippen LogP contribution in [0.4, 0.5) is 14.5 Å². The first-order chi connectivity index (χ1) is 10.4. The van der Waals surface area contributed by atoms with E-state index in [4.69, 9.17) is 0 Å². The van der Waals surface area contributed by atoms with Gasteiger partial charge in [0.15, 0.2) is 0 Å². The second kappa shape index (κ2) is 6.55. The zero-order valence-corrected chi connectivity index (χ0v) is 12.6. The molecule has 0 fully saturated rings. The Bertz CT molecular complexity index is 683. The highest BCUT2D eigenvalue weighted by atomic mass is 19.3. The van der Waals surface area contributed by atoms with Crippen molar-refractivity contribution in [2.24, 2.45) is 7.05 Å². The SMILES string of the molecule is CCc1cc(C(=O)Nc2ccc(C)c(OC(F)F)c2)n(C)n1. The molecule has 7 heteroatoms. The molecule has 0 spiro atoms. The van der Waals surface area contributed by atoms with Gasteiger partial charge >= 0.3 is 6.61 Å². The van der Waals surface area contributed by atoms with Crippen molar-refractivity contribution in [1.82, 2.24) is 9.78 Å². The predicted molar refractivity (Wildman–Crippen MR) is 78.4 cm³/mol. The van der Waals surface area contributed by atoms with E-state index in [0.29, 0.717) is 16.9 Å². The van der Waals surface area contributed by atoms with Crippen LogP contribution in [0, 0.1) is 6.92 Å². The molecule has 0 atom stereocenters. The number of halogens is 2. The summed E-state index contributed by atoms with van der Waals surface area (Å²) in [4.78, 5) is 12.2. The third-order valence-corrected chi connectivity index (χ3v) is 3.19. The number of benzene rings is 1. The standard InChI is InChI=1S/C15H17F2N3O2/c1-4-10-7-12(20(3)19-10)14(21)18-11-6-5-9(2)13(8-11)22-15(16)17/h5-8,15H,4H2,1-3H3,(H,18,21). The molecule has 118 valence electrons. The van der Waals surface area contributed by atoms with Crippen molar-refractivity contribution in [1.29, 1.82) is 0 Å². The first kappa shape index (κ1) is 15.9. The Balaban J connectivity index is 2.19. The van der Waals surface area contributed by atoms with Crippen molar-refractivity contribution in [3.05, 3.63) is 41.2 Å². The van der Waals surface area contributed by atoms with Crippen molar-refractivity contribution < 1.29 is 18.3 Å². The molecule has 0 aliphatic carbocycles. The van der Waals surface area contributed by atoms with Gasteiger partial charge in [-0.05, 0) is 31.0 Å². The molecule has 1 aromatic carbocycles. The molecule has 0 aliphatic rings. The number of hydrogen-bond acceptors (Lipinski definition) is 3. The lowest BCUT2D eigenvalue weighted by Gasteiger charge is -2.11. The molecule has 22 heavy (non-hydrogen) atoms. The Kier molecular flexibility index (Phi) is 4.75. The normalized spacial score (nSPS) is 10.8. The minimum atomic E-state index is -2.91. The van der Waals surface area contributed by atoms with Gasteiger partial charge in [0.1, 0.15) is 11.4 Å². The van der Waals surface area contributed by atoms with E-state index >= 15 is 0 Å². The number of carbonyl (C=O) groups excluding carboxylic acids is 1. The second-order valence-electron chi connectivity index (χ2n) is 4.81. The summed E-state index contributed by atoms with van der Waals surface area (Å²) in [5.41, 5.74) is 2.14. The van der Waals surface area contributed by atoms with Gasteiger partial charge in [0.05, 0.1) is 5.69 Å². The van der Waals surface area contributed by atoms with E-state index in [1.165, 1.54) is 10.7 Å². The van der Waals surface area contributed by atoms with Crippen LogP contribution in [0.15, 0.2) is 24.3 Å². The van der Waals surface area contributed by atoms with E-state index in [1.54, 1.807) is 32.2 Å². The molecule has 1 heterocycles. The molecule has 0 unspecified atom stereocenters. The summed E-state index contributed by atoms with van der Waals surface area (Å²) in [6, 6.07) is 6.30. The fourth-order valence-corrected chi connectivity index (χ4v) is 2.01. The van der Waals surface area contributed by atoms with Crippen LogP contribution < -0.4 is 10.1 Å². The summed E-state index contributed by atoms with van der Waals surface area (Å²) >= 11 is 0. The molecule has 0 saturated heterocycles. The Morgan fingerprint density at radius 1 is 1.41 bits per heavy atom. The highest BCUT2D eigenvalue weighted by Gasteiger charge is 2.14. The number of anilines is 1. The highest BCUT2D eigenvalue weighted by Crippen LogP contribution is 2.24. The lowest BCUT2D eigenvalue weighted by molar-refractivity contribution is -0.0502. The average Bonchev–Trinajstić information content (AvgIpc) is 2.83. The second-order valence-corrected chi connectivity index (χ2v) is 4.81. The highest BCUT2D eigenvalue weighted by molar-refractivity contribution is 6.03. The number of hydrogen-bond donors (Lipinski definition) is 1. The maximum atomic E-state index is 12.3. The van der Waals surface area contributed by atoms with Gasteiger partial charge in [-0.15, -0.1) is 0 Å². The number of alkyl halides is 2. The van der Waals surface area contributed by atoms with Crippen molar-refractivity contribution >= 4 is 11.6 Å². The maximum Gasteiger partial charge on any atom is 0.387 e. The zero-order chi connectivity index (χ0) is 16.3. The molecule has 1 aromatic heterocycles. The number of aryl methyl sites for hydroxylation is 3. The van der Waals surface area contributed by atoms with Crippen LogP contribution in [0.1, 0.15) is 28.7 Å². The van der Waals surface area contributed by atoms with Crippen LogP contribution >= 0.6 is 0 Å². The van der Waals surface area contributed by atoms with Crippen molar-refractivity contribution in [2.45, 2.75) is 26.9 Å². The monoisotopic (exact) mass is 309 g/mol. The van der Waals surface area contributed by atoms with E-state index in [-0.39, 0.29) is 11.7 Å². The van der Waals surface area contributed by atoms with Crippen LogP contribution in [-0.2, 0) is 13.5 Å². The van der Waals surface area contributed by atoms with E-state index < -0.39 is 6.61 Å². The average molecular weight is 309 g/mol. The zero-order valence-electron chi connectivity index (χ0n) is 12.6. The quantitative estimate of drug-likeness (QED) is 0.923. The van der Waals surface area contributed by atoms with Gasteiger partial charge in [0.2, 0.25) is 0 Å². The van der Waals surface area contributed by atoms with Crippen LogP contribution in [0.3, 0.4) is 0 Å². The predicted octanol–water partition coefficient (Wildman–Crippen LogP) is 3.14. The van der Waals surface area contributed by atoms with Gasteiger partial charge in [-0.25, -0.2) is 0 Å². The third-order valence-electron chi connectivity index (χ3n) is 3.19. The lowest BCUT2D eigenvalue weighted by Crippen LogP contribution is -2.16. The van der Waals surface area contributed by atoms with Crippen LogP contribution in [0.2, 0.25) is 0 Å². The van der Waals surface area contributed by atoms with Crippen molar-refractivity contribution in [3.63, 3.8) is 0 Å². The Hall–Kier alpha value is -2.44. The topological polar surface area (TPSA) is 56.1 Å². The summed E-state index contributed by atoms with van der Waals surface area (Å²) in [7, 11) is 1.68. The summed E-state index contributed by atoms with van der Waals surface area (Å²) in [5, 5.41) is 6.85. The molecule has 0 saturated carbocycles. The number of carbonyl (C=O) groups is 1. The maximum absolute atomic E-state index is 12.3. The van der Waals surface area contributed by atoms with E-state index in [9.17, 15) is 13.6 Å². The number of ether oxygens (including phenoxy) is 1. The van der Waals surface area contributed by atoms with E-state index in [0.717, 1.165) is 12.1 Å². The molecule has 5 nitrogen and oxygen atoms in total. The lowest BCUT2D eigenvalue weighted by atomic mass is 10.2. The van der Waals surface area contributed by atoms with Gasteiger partial charge in [-0.3, -0.25) is 9.48 Å². The largest absolute Gasteiger partial charge is 0.434 e. The summed E-state index contributed by atoms with van der Waals surface area (Å²) in [6.45, 7) is 0.685. The van der Waals surface area contributed by atoms with Crippen LogP contribution in [0.5, 0.6) is 5.75 Å². The summed E-state index contributed by atoms with van der Waals surface area (Å²) in [5.74, 6) is -0.325. The van der Waals surface area contributed by atoms with Crippen LogP contribution in [0.25, 0.3) is 0 Å². The number of rotatable bonds is 5. The smallest absolute Gasteiger partial charge is 0.387 e. The minimum absolute atomic E-state index is 0.0343. The van der Waals surface area contributed by atoms with E-state index in [2.05, 4.69) is 15.2 Å². The third kappa shape index (κ3) is 3.60. The molecule has 2 aromatic rings. The molecular formula is C15H17F2N3O2. The first-order valence-electron chi connectivity index (χ1n) is 6.80. The number of aromatic nitrogens is 2. The fraction of sp³-hybridized carbons (Fsp3) is 0.333. The first-order valence-corrected chi connectivity index (χ1v) is 6.80. The molecular weight excluding hydrogens is 292 g/mol. The molecule has 0 radical (unpaired) electrons. The van der Waals surface area contributed by atoms with Gasteiger partial charge < -0.3 is 10.1 Å². The molecule has 1 N–H and O–H groups in total. The Morgan fingerprint density at radius 2 is 2.14 bits per heavy atom. The van der Waals surface area contributed by atoms with Gasteiger partial charge in [0, 0.05) is 18.8 Å². The van der Waals surface area contributed by atoms with Crippen molar-refractivity contribution in [3.8, 4) is 5.75 Å². The Labute approximate surface area is 126 Å². The molecule has 2 rings (SSSR count). The molecule has 0 bridgehead atoms. The fourth-order valence-electron chi connectivity index (χ4n) is 2.01. The van der Waals surface area contributed by atoms with Crippen LogP contribution in [-0.4, -0.2) is 22.3 Å². The Morgan fingerprint density at radius 3 is 2.73 bits per heavy atom. The van der Waals surface area contributed by atoms with Gasteiger partial charge in [-0.2, -0.15) is 13.9 Å². The number of amides is 1. The van der Waals surface area contributed by atoms with Gasteiger partial charge in [0.25, 0.3) is 5.91 Å². The number of nitrogens with one attached hydrogen (secondary N) is 1. The summed E-state index contributed by atoms with van der Waals surface area (Å²) < 4.78 is 30.6. The summed E-state index contributed by atoms with van der Waals surface area (Å²) in [6.07, 6.45) is 0.720. The van der Waals surface area contributed by atoms with E-state index in [1.807, 2.05) is 6.92 Å².